The summed E-state index contributed by atoms with van der Waals surface area (Å²) in [5.41, 5.74) is -0.314. The molecule has 5 unspecified atom stereocenters. The Morgan fingerprint density at radius 3 is 2.79 bits per heavy atom. The lowest BCUT2D eigenvalue weighted by atomic mass is 9.52. The zero-order valence-corrected chi connectivity index (χ0v) is 9.26. The van der Waals surface area contributed by atoms with Crippen LogP contribution in [-0.2, 0) is 4.74 Å². The number of halogens is 1. The zero-order chi connectivity index (χ0) is 9.97. The summed E-state index contributed by atoms with van der Waals surface area (Å²) in [6.07, 6.45) is 4.83. The minimum absolute atomic E-state index is 0.0684. The van der Waals surface area contributed by atoms with E-state index in [-0.39, 0.29) is 16.6 Å². The fourth-order valence-electron chi connectivity index (χ4n) is 4.23. The zero-order valence-electron chi connectivity index (χ0n) is 8.50. The van der Waals surface area contributed by atoms with Crippen LogP contribution in [-0.4, -0.2) is 28.8 Å². The maximum Gasteiger partial charge on any atom is 0.0958 e. The van der Waals surface area contributed by atoms with Gasteiger partial charge in [0, 0.05) is 12.0 Å². The van der Waals surface area contributed by atoms with Crippen LogP contribution in [0.15, 0.2) is 0 Å². The molecule has 0 aromatic carbocycles. The molecule has 4 bridgehead atoms. The van der Waals surface area contributed by atoms with E-state index >= 15 is 0 Å². The highest BCUT2D eigenvalue weighted by atomic mass is 35.5. The largest absolute Gasteiger partial charge is 0.390 e. The van der Waals surface area contributed by atoms with Gasteiger partial charge in [0.15, 0.2) is 0 Å². The Kier molecular flexibility index (Phi) is 1.79. The van der Waals surface area contributed by atoms with Crippen molar-refractivity contribution >= 4 is 11.6 Å². The number of hydrogen-bond acceptors (Lipinski definition) is 2. The van der Waals surface area contributed by atoms with Crippen LogP contribution in [0, 0.1) is 11.8 Å². The van der Waals surface area contributed by atoms with E-state index in [1.165, 1.54) is 0 Å². The fourth-order valence-corrected chi connectivity index (χ4v) is 4.88. The Hall–Kier alpha value is 0.210. The molecular weight excluding hydrogens is 200 g/mol. The van der Waals surface area contributed by atoms with E-state index in [1.807, 2.05) is 0 Å². The number of hydrogen-bond donors (Lipinski definition) is 1. The highest BCUT2D eigenvalue weighted by Crippen LogP contribution is 2.60. The van der Waals surface area contributed by atoms with Crippen molar-refractivity contribution in [2.45, 2.75) is 48.7 Å². The second-order valence-electron chi connectivity index (χ2n) is 5.52. The molecule has 4 saturated carbocycles. The van der Waals surface area contributed by atoms with Gasteiger partial charge in [-0.25, -0.2) is 0 Å². The third-order valence-corrected chi connectivity index (χ3v) is 5.00. The third-order valence-electron chi connectivity index (χ3n) is 4.56. The molecule has 4 aliphatic rings. The molecule has 0 amide bonds. The van der Waals surface area contributed by atoms with Gasteiger partial charge in [0.25, 0.3) is 0 Å². The van der Waals surface area contributed by atoms with E-state index in [0.717, 1.165) is 32.1 Å². The lowest BCUT2D eigenvalue weighted by molar-refractivity contribution is -0.212. The van der Waals surface area contributed by atoms with Gasteiger partial charge in [0.1, 0.15) is 0 Å². The molecule has 3 heteroatoms. The summed E-state index contributed by atoms with van der Waals surface area (Å²) < 4.78 is 5.59. The first kappa shape index (κ1) is 9.44. The topological polar surface area (TPSA) is 29.5 Å². The highest BCUT2D eigenvalue weighted by Gasteiger charge is 2.62. The first-order valence-electron chi connectivity index (χ1n) is 5.49. The van der Waals surface area contributed by atoms with Crippen LogP contribution < -0.4 is 0 Å². The standard InChI is InChI=1S/C11H17ClO2/c1-14-11-4-7-2-8(9(11)13)5-10(12,3-7)6-11/h7-9,13H,2-6H2,1H3. The fraction of sp³-hybridized carbons (Fsp3) is 1.00. The first-order valence-corrected chi connectivity index (χ1v) is 5.87. The van der Waals surface area contributed by atoms with Gasteiger partial charge < -0.3 is 9.84 Å². The maximum absolute atomic E-state index is 10.2. The molecular formula is C11H17ClO2. The predicted molar refractivity (Wildman–Crippen MR) is 54.4 cm³/mol. The van der Waals surface area contributed by atoms with E-state index < -0.39 is 0 Å². The van der Waals surface area contributed by atoms with E-state index in [2.05, 4.69) is 0 Å². The molecule has 4 aliphatic carbocycles. The van der Waals surface area contributed by atoms with Crippen molar-refractivity contribution in [1.82, 2.24) is 0 Å². The lowest BCUT2D eigenvalue weighted by Crippen LogP contribution is -2.65. The Labute approximate surface area is 89.6 Å². The molecule has 80 valence electrons. The van der Waals surface area contributed by atoms with Crippen LogP contribution in [0.5, 0.6) is 0 Å². The van der Waals surface area contributed by atoms with Gasteiger partial charge in [-0.05, 0) is 43.9 Å². The van der Waals surface area contributed by atoms with Gasteiger partial charge in [-0.2, -0.15) is 0 Å². The van der Waals surface area contributed by atoms with Gasteiger partial charge in [0.2, 0.25) is 0 Å². The maximum atomic E-state index is 10.2. The van der Waals surface area contributed by atoms with Crippen molar-refractivity contribution in [3.63, 3.8) is 0 Å². The Bertz CT molecular complexity index is 270. The molecule has 4 fully saturated rings. The smallest absolute Gasteiger partial charge is 0.0958 e. The summed E-state index contributed by atoms with van der Waals surface area (Å²) in [6.45, 7) is 0. The molecule has 0 heterocycles. The average Bonchev–Trinajstić information content (AvgIpc) is 2.11. The van der Waals surface area contributed by atoms with Gasteiger partial charge in [-0.3, -0.25) is 0 Å². The Balaban J connectivity index is 2.00. The Morgan fingerprint density at radius 1 is 1.36 bits per heavy atom. The number of aliphatic hydroxyl groups is 1. The number of aliphatic hydroxyl groups excluding tert-OH is 1. The lowest BCUT2D eigenvalue weighted by Gasteiger charge is -2.61. The quantitative estimate of drug-likeness (QED) is 0.679. The molecule has 14 heavy (non-hydrogen) atoms. The summed E-state index contributed by atoms with van der Waals surface area (Å²) in [5, 5.41) is 10.2. The first-order chi connectivity index (χ1) is 6.57. The minimum Gasteiger partial charge on any atom is -0.390 e. The van der Waals surface area contributed by atoms with Crippen LogP contribution in [0.1, 0.15) is 32.1 Å². The van der Waals surface area contributed by atoms with E-state index in [1.54, 1.807) is 7.11 Å². The monoisotopic (exact) mass is 216 g/mol. The number of methoxy groups -OCH3 is 1. The normalized spacial score (nSPS) is 60.6. The van der Waals surface area contributed by atoms with Crippen LogP contribution in [0.2, 0.25) is 0 Å². The van der Waals surface area contributed by atoms with Gasteiger partial charge >= 0.3 is 0 Å². The summed E-state index contributed by atoms with van der Waals surface area (Å²) in [5.74, 6) is 1.07. The van der Waals surface area contributed by atoms with Crippen LogP contribution in [0.25, 0.3) is 0 Å². The molecule has 0 aromatic rings. The van der Waals surface area contributed by atoms with Crippen LogP contribution >= 0.6 is 11.6 Å². The second kappa shape index (κ2) is 2.66. The third kappa shape index (κ3) is 1.05. The van der Waals surface area contributed by atoms with Gasteiger partial charge in [-0.15, -0.1) is 11.6 Å². The SMILES string of the molecule is COC12CC3CC(CC(Cl)(C3)C1)C2O. The number of alkyl halides is 1. The van der Waals surface area contributed by atoms with Crippen molar-refractivity contribution < 1.29 is 9.84 Å². The van der Waals surface area contributed by atoms with Crippen LogP contribution in [0.4, 0.5) is 0 Å². The minimum atomic E-state index is -0.314. The van der Waals surface area contributed by atoms with E-state index in [9.17, 15) is 5.11 Å². The molecule has 0 aliphatic heterocycles. The van der Waals surface area contributed by atoms with Crippen LogP contribution in [0.3, 0.4) is 0 Å². The van der Waals surface area contributed by atoms with Crippen molar-refractivity contribution in [2.75, 3.05) is 7.11 Å². The van der Waals surface area contributed by atoms with Crippen molar-refractivity contribution in [3.05, 3.63) is 0 Å². The summed E-state index contributed by atoms with van der Waals surface area (Å²) in [7, 11) is 1.72. The van der Waals surface area contributed by atoms with Crippen molar-refractivity contribution in [1.29, 1.82) is 0 Å². The second-order valence-corrected chi connectivity index (χ2v) is 6.32. The summed E-state index contributed by atoms with van der Waals surface area (Å²) in [4.78, 5) is -0.0684. The van der Waals surface area contributed by atoms with Gasteiger partial charge in [-0.1, -0.05) is 0 Å². The van der Waals surface area contributed by atoms with E-state index in [0.29, 0.717) is 11.8 Å². The molecule has 1 N–H and O–H groups in total. The summed E-state index contributed by atoms with van der Waals surface area (Å²) in [6, 6.07) is 0. The predicted octanol–water partition coefficient (Wildman–Crippen LogP) is 1.93. The number of rotatable bonds is 1. The van der Waals surface area contributed by atoms with Gasteiger partial charge in [0.05, 0.1) is 11.7 Å². The molecule has 0 aromatic heterocycles. The molecule has 0 saturated heterocycles. The molecule has 2 nitrogen and oxygen atoms in total. The molecule has 4 rings (SSSR count). The van der Waals surface area contributed by atoms with Crippen molar-refractivity contribution in [3.8, 4) is 0 Å². The molecule has 5 atom stereocenters. The summed E-state index contributed by atoms with van der Waals surface area (Å²) >= 11 is 6.57. The average molecular weight is 217 g/mol. The number of ether oxygens (including phenoxy) is 1. The molecule has 0 spiro atoms. The molecule has 0 radical (unpaired) electrons. The van der Waals surface area contributed by atoms with Crippen molar-refractivity contribution in [2.24, 2.45) is 11.8 Å². The highest BCUT2D eigenvalue weighted by molar-refractivity contribution is 6.24. The Morgan fingerprint density at radius 2 is 2.14 bits per heavy atom. The van der Waals surface area contributed by atoms with E-state index in [4.69, 9.17) is 16.3 Å².